The van der Waals surface area contributed by atoms with Crippen molar-refractivity contribution < 1.29 is 33.6 Å². The maximum absolute atomic E-state index is 12.1. The van der Waals surface area contributed by atoms with E-state index in [0.29, 0.717) is 29.9 Å². The molecule has 0 bridgehead atoms. The molecule has 1 rings (SSSR count). The SMILES string of the molecule is CCCCCC=CCC=CCCCCCCCC(=O)OCCOc1cc(CO)cc(OCCOC(=O)CCCCCCCC=CCC=CCCCCC)c1. The summed E-state index contributed by atoms with van der Waals surface area (Å²) in [6.07, 6.45) is 44.2. The lowest BCUT2D eigenvalue weighted by molar-refractivity contribution is -0.145. The minimum atomic E-state index is -0.206. The summed E-state index contributed by atoms with van der Waals surface area (Å²) < 4.78 is 22.2. The van der Waals surface area contributed by atoms with Crippen LogP contribution in [0.5, 0.6) is 11.5 Å². The third-order valence-corrected chi connectivity index (χ3v) is 9.02. The molecule has 0 saturated carbocycles. The molecule has 0 atom stereocenters. The highest BCUT2D eigenvalue weighted by Gasteiger charge is 2.07. The third kappa shape index (κ3) is 32.1. The number of aliphatic hydroxyl groups excluding tert-OH is 1. The summed E-state index contributed by atoms with van der Waals surface area (Å²) in [4.78, 5) is 24.3. The number of unbranched alkanes of at least 4 members (excludes halogenated alkanes) is 16. The standard InChI is InChI=1S/C47H76O7/c1-3-5-7-9-11-13-15-17-19-21-23-25-27-29-31-33-46(49)53-37-35-51-44-39-43(42-48)40-45(41-44)52-36-38-54-47(50)34-32-30-28-26-24-22-20-18-16-14-12-10-8-6-4-2/h11-14,17-20,39-41,48H,3-10,15-16,21-38,42H2,1-2H3. The Morgan fingerprint density at radius 2 is 0.852 bits per heavy atom. The molecule has 0 saturated heterocycles. The van der Waals surface area contributed by atoms with Gasteiger partial charge in [0.25, 0.3) is 0 Å². The van der Waals surface area contributed by atoms with Gasteiger partial charge >= 0.3 is 11.9 Å². The number of esters is 2. The number of ether oxygens (including phenoxy) is 4. The zero-order valence-corrected chi connectivity index (χ0v) is 34.3. The van der Waals surface area contributed by atoms with E-state index in [-0.39, 0.29) is 45.0 Å². The molecule has 0 aromatic heterocycles. The smallest absolute Gasteiger partial charge is 0.305 e. The van der Waals surface area contributed by atoms with Crippen molar-refractivity contribution in [3.05, 3.63) is 72.4 Å². The number of aliphatic hydroxyl groups is 1. The second-order valence-corrected chi connectivity index (χ2v) is 14.1. The summed E-state index contributed by atoms with van der Waals surface area (Å²) in [6, 6.07) is 5.17. The van der Waals surface area contributed by atoms with E-state index in [4.69, 9.17) is 18.9 Å². The minimum absolute atomic E-state index is 0.156. The van der Waals surface area contributed by atoms with Crippen molar-refractivity contribution in [1.29, 1.82) is 0 Å². The van der Waals surface area contributed by atoms with Crippen LogP contribution in [0.1, 0.15) is 174 Å². The van der Waals surface area contributed by atoms with Crippen molar-refractivity contribution >= 4 is 11.9 Å². The molecule has 0 aliphatic carbocycles. The first-order valence-corrected chi connectivity index (χ1v) is 21.5. The van der Waals surface area contributed by atoms with Crippen LogP contribution >= 0.6 is 0 Å². The second-order valence-electron chi connectivity index (χ2n) is 14.1. The molecule has 1 N–H and O–H groups in total. The molecule has 54 heavy (non-hydrogen) atoms. The normalized spacial score (nSPS) is 11.8. The van der Waals surface area contributed by atoms with Gasteiger partial charge < -0.3 is 24.1 Å². The molecular formula is C47H76O7. The molecule has 0 spiro atoms. The van der Waals surface area contributed by atoms with Crippen LogP contribution in [0.3, 0.4) is 0 Å². The molecule has 0 aliphatic heterocycles. The fourth-order valence-electron chi connectivity index (χ4n) is 5.82. The fourth-order valence-corrected chi connectivity index (χ4v) is 5.82. The van der Waals surface area contributed by atoms with Crippen LogP contribution in [0.25, 0.3) is 0 Å². The molecule has 0 fully saturated rings. The molecule has 7 heteroatoms. The average Bonchev–Trinajstić information content (AvgIpc) is 3.18. The molecule has 0 amide bonds. The Morgan fingerprint density at radius 1 is 0.481 bits per heavy atom. The van der Waals surface area contributed by atoms with Crippen LogP contribution in [0, 0.1) is 0 Å². The molecular weight excluding hydrogens is 677 g/mol. The van der Waals surface area contributed by atoms with Gasteiger partial charge in [0.1, 0.15) is 37.9 Å². The number of carbonyl (C=O) groups excluding carboxylic acids is 2. The molecule has 0 aliphatic rings. The number of hydrogen-bond acceptors (Lipinski definition) is 7. The van der Waals surface area contributed by atoms with E-state index in [1.54, 1.807) is 18.2 Å². The van der Waals surface area contributed by atoms with E-state index < -0.39 is 0 Å². The zero-order valence-electron chi connectivity index (χ0n) is 34.3. The Labute approximate surface area is 329 Å². The van der Waals surface area contributed by atoms with Gasteiger partial charge in [-0.1, -0.05) is 127 Å². The molecule has 1 aromatic carbocycles. The number of carbonyl (C=O) groups is 2. The van der Waals surface area contributed by atoms with Crippen molar-refractivity contribution in [2.45, 2.75) is 175 Å². The Balaban J connectivity index is 2.06. The van der Waals surface area contributed by atoms with Crippen LogP contribution in [0.15, 0.2) is 66.8 Å². The summed E-state index contributed by atoms with van der Waals surface area (Å²) in [5.41, 5.74) is 0.638. The van der Waals surface area contributed by atoms with Gasteiger partial charge in [-0.25, -0.2) is 0 Å². The Hall–Kier alpha value is -3.32. The highest BCUT2D eigenvalue weighted by Crippen LogP contribution is 2.23. The highest BCUT2D eigenvalue weighted by atomic mass is 16.6. The first-order valence-electron chi connectivity index (χ1n) is 21.5. The summed E-state index contributed by atoms with van der Waals surface area (Å²) >= 11 is 0. The van der Waals surface area contributed by atoms with Crippen LogP contribution < -0.4 is 9.47 Å². The average molecular weight is 753 g/mol. The summed E-state index contributed by atoms with van der Waals surface area (Å²) in [5, 5.41) is 9.68. The molecule has 0 radical (unpaired) electrons. The summed E-state index contributed by atoms with van der Waals surface area (Å²) in [7, 11) is 0. The van der Waals surface area contributed by atoms with Gasteiger partial charge in [-0.05, 0) is 94.7 Å². The van der Waals surface area contributed by atoms with E-state index in [1.165, 1.54) is 77.0 Å². The molecule has 306 valence electrons. The fraction of sp³-hybridized carbons (Fsp3) is 0.660. The van der Waals surface area contributed by atoms with Gasteiger partial charge in [0, 0.05) is 18.9 Å². The number of allylic oxidation sites excluding steroid dienone is 8. The predicted molar refractivity (Wildman–Crippen MR) is 224 cm³/mol. The van der Waals surface area contributed by atoms with Crippen molar-refractivity contribution in [2.24, 2.45) is 0 Å². The van der Waals surface area contributed by atoms with Crippen molar-refractivity contribution in [1.82, 2.24) is 0 Å². The molecule has 0 unspecified atom stereocenters. The maximum Gasteiger partial charge on any atom is 0.305 e. The van der Waals surface area contributed by atoms with Crippen LogP contribution in [-0.2, 0) is 25.7 Å². The van der Waals surface area contributed by atoms with E-state index in [9.17, 15) is 14.7 Å². The van der Waals surface area contributed by atoms with Crippen molar-refractivity contribution in [2.75, 3.05) is 26.4 Å². The van der Waals surface area contributed by atoms with Crippen molar-refractivity contribution in [3.8, 4) is 11.5 Å². The lowest BCUT2D eigenvalue weighted by Crippen LogP contribution is -2.13. The quantitative estimate of drug-likeness (QED) is 0.0411. The predicted octanol–water partition coefficient (Wildman–Crippen LogP) is 12.6. The monoisotopic (exact) mass is 753 g/mol. The molecule has 0 heterocycles. The molecule has 1 aromatic rings. The van der Waals surface area contributed by atoms with E-state index in [0.717, 1.165) is 64.2 Å². The Bertz CT molecular complexity index is 1070. The van der Waals surface area contributed by atoms with Crippen molar-refractivity contribution in [3.63, 3.8) is 0 Å². The van der Waals surface area contributed by atoms with Gasteiger partial charge in [0.05, 0.1) is 6.61 Å². The van der Waals surface area contributed by atoms with Gasteiger partial charge in [0.2, 0.25) is 0 Å². The lowest BCUT2D eigenvalue weighted by Gasteiger charge is -2.12. The van der Waals surface area contributed by atoms with Crippen LogP contribution in [0.4, 0.5) is 0 Å². The first kappa shape index (κ1) is 48.7. The Morgan fingerprint density at radius 3 is 1.24 bits per heavy atom. The van der Waals surface area contributed by atoms with Crippen LogP contribution in [-0.4, -0.2) is 43.5 Å². The number of hydrogen-bond donors (Lipinski definition) is 1. The summed E-state index contributed by atoms with van der Waals surface area (Å²) in [5.74, 6) is 0.615. The van der Waals surface area contributed by atoms with Gasteiger partial charge in [-0.15, -0.1) is 0 Å². The van der Waals surface area contributed by atoms with Gasteiger partial charge in [-0.3, -0.25) is 9.59 Å². The van der Waals surface area contributed by atoms with E-state index in [1.807, 2.05) is 0 Å². The van der Waals surface area contributed by atoms with E-state index >= 15 is 0 Å². The minimum Gasteiger partial charge on any atom is -0.490 e. The number of benzene rings is 1. The maximum atomic E-state index is 12.1. The van der Waals surface area contributed by atoms with Gasteiger partial charge in [-0.2, -0.15) is 0 Å². The first-order chi connectivity index (χ1) is 26.6. The molecule has 7 nitrogen and oxygen atoms in total. The second kappa shape index (κ2) is 38.0. The Kier molecular flexibility index (Phi) is 34.2. The van der Waals surface area contributed by atoms with Gasteiger partial charge in [0.15, 0.2) is 0 Å². The summed E-state index contributed by atoms with van der Waals surface area (Å²) in [6.45, 7) is 5.02. The van der Waals surface area contributed by atoms with E-state index in [2.05, 4.69) is 62.5 Å². The topological polar surface area (TPSA) is 91.3 Å². The largest absolute Gasteiger partial charge is 0.490 e. The zero-order chi connectivity index (χ0) is 39.0. The third-order valence-electron chi connectivity index (χ3n) is 9.02. The van der Waals surface area contributed by atoms with Crippen LogP contribution in [0.2, 0.25) is 0 Å². The number of rotatable bonds is 37. The highest BCUT2D eigenvalue weighted by molar-refractivity contribution is 5.69. The lowest BCUT2D eigenvalue weighted by atomic mass is 10.1.